The Morgan fingerprint density at radius 3 is 2.56 bits per heavy atom. The highest BCUT2D eigenvalue weighted by Gasteiger charge is 2.02. The van der Waals surface area contributed by atoms with Crippen molar-refractivity contribution in [3.8, 4) is 0 Å². The molecule has 3 heteroatoms. The molecule has 0 radical (unpaired) electrons. The molecular formula is C6H9IN2. The van der Waals surface area contributed by atoms with Crippen LogP contribution in [0.4, 0.5) is 0 Å². The standard InChI is InChI=1S/C6H9IN2/c1-3-5-4(2)8-9-6(5)7/h3H2,1-2H3,(H,8,9). The Hall–Kier alpha value is -0.0600. The average molecular weight is 236 g/mol. The molecule has 0 aliphatic rings. The third-order valence-corrected chi connectivity index (χ3v) is 2.27. The first-order valence-corrected chi connectivity index (χ1v) is 4.03. The quantitative estimate of drug-likeness (QED) is 0.741. The smallest absolute Gasteiger partial charge is 0.126 e. The SMILES string of the molecule is CCc1c(I)n[nH]c1C. The molecule has 0 saturated heterocycles. The van der Waals surface area contributed by atoms with Gasteiger partial charge >= 0.3 is 0 Å². The van der Waals surface area contributed by atoms with Crippen molar-refractivity contribution in [3.05, 3.63) is 15.0 Å². The lowest BCUT2D eigenvalue weighted by molar-refractivity contribution is 1.03. The van der Waals surface area contributed by atoms with E-state index in [0.29, 0.717) is 0 Å². The van der Waals surface area contributed by atoms with Gasteiger partial charge < -0.3 is 0 Å². The molecule has 1 heterocycles. The first-order valence-electron chi connectivity index (χ1n) is 2.95. The van der Waals surface area contributed by atoms with Gasteiger partial charge in [0.15, 0.2) is 0 Å². The number of H-pyrrole nitrogens is 1. The second-order valence-electron chi connectivity index (χ2n) is 1.97. The number of nitrogens with one attached hydrogen (secondary N) is 1. The van der Waals surface area contributed by atoms with Crippen LogP contribution in [0.25, 0.3) is 0 Å². The van der Waals surface area contributed by atoms with Gasteiger partial charge in [0.05, 0.1) is 0 Å². The summed E-state index contributed by atoms with van der Waals surface area (Å²) in [5.74, 6) is 0. The Morgan fingerprint density at radius 1 is 1.67 bits per heavy atom. The molecule has 0 aliphatic carbocycles. The number of aryl methyl sites for hydroxylation is 1. The maximum atomic E-state index is 4.05. The van der Waals surface area contributed by atoms with E-state index in [4.69, 9.17) is 0 Å². The predicted molar refractivity (Wildman–Crippen MR) is 45.4 cm³/mol. The Balaban J connectivity index is 3.07. The number of aromatic nitrogens is 2. The molecule has 0 bridgehead atoms. The van der Waals surface area contributed by atoms with Gasteiger partial charge in [-0.05, 0) is 35.9 Å². The predicted octanol–water partition coefficient (Wildman–Crippen LogP) is 1.89. The molecule has 0 spiro atoms. The fraction of sp³-hybridized carbons (Fsp3) is 0.500. The van der Waals surface area contributed by atoms with E-state index >= 15 is 0 Å². The molecule has 9 heavy (non-hydrogen) atoms. The molecule has 0 atom stereocenters. The Bertz CT molecular complexity index is 185. The van der Waals surface area contributed by atoms with Gasteiger partial charge in [-0.15, -0.1) is 0 Å². The normalized spacial score (nSPS) is 10.1. The van der Waals surface area contributed by atoms with Crippen molar-refractivity contribution in [1.29, 1.82) is 0 Å². The summed E-state index contributed by atoms with van der Waals surface area (Å²) in [7, 11) is 0. The van der Waals surface area contributed by atoms with Gasteiger partial charge in [0.1, 0.15) is 3.70 Å². The third-order valence-electron chi connectivity index (χ3n) is 1.38. The molecule has 0 unspecified atom stereocenters. The highest BCUT2D eigenvalue weighted by Crippen LogP contribution is 2.12. The molecule has 50 valence electrons. The van der Waals surface area contributed by atoms with E-state index in [1.54, 1.807) is 0 Å². The molecule has 0 amide bonds. The third kappa shape index (κ3) is 1.26. The zero-order valence-corrected chi connectivity index (χ0v) is 7.69. The molecule has 1 aromatic rings. The minimum Gasteiger partial charge on any atom is -0.282 e. The number of nitrogens with zero attached hydrogens (tertiary/aromatic N) is 1. The molecule has 0 aromatic carbocycles. The fourth-order valence-electron chi connectivity index (χ4n) is 0.834. The van der Waals surface area contributed by atoms with Crippen LogP contribution in [0.3, 0.4) is 0 Å². The van der Waals surface area contributed by atoms with Gasteiger partial charge in [-0.2, -0.15) is 5.10 Å². The Kier molecular flexibility index (Phi) is 2.10. The number of hydrogen-bond acceptors (Lipinski definition) is 1. The summed E-state index contributed by atoms with van der Waals surface area (Å²) in [6, 6.07) is 0. The molecule has 1 rings (SSSR count). The van der Waals surface area contributed by atoms with Crippen LogP contribution in [0.15, 0.2) is 0 Å². The summed E-state index contributed by atoms with van der Waals surface area (Å²) in [6.45, 7) is 4.19. The van der Waals surface area contributed by atoms with E-state index < -0.39 is 0 Å². The van der Waals surface area contributed by atoms with Crippen molar-refractivity contribution in [2.75, 3.05) is 0 Å². The Labute approximate surface area is 68.2 Å². The summed E-state index contributed by atoms with van der Waals surface area (Å²) in [5, 5.41) is 6.98. The van der Waals surface area contributed by atoms with E-state index in [0.717, 1.165) is 10.1 Å². The lowest BCUT2D eigenvalue weighted by Gasteiger charge is -1.89. The second kappa shape index (κ2) is 2.68. The van der Waals surface area contributed by atoms with E-state index in [-0.39, 0.29) is 0 Å². The summed E-state index contributed by atoms with van der Waals surface area (Å²) >= 11 is 2.24. The Morgan fingerprint density at radius 2 is 2.33 bits per heavy atom. The molecule has 2 nitrogen and oxygen atoms in total. The van der Waals surface area contributed by atoms with Crippen molar-refractivity contribution >= 4 is 22.6 Å². The van der Waals surface area contributed by atoms with Crippen molar-refractivity contribution < 1.29 is 0 Å². The maximum Gasteiger partial charge on any atom is 0.126 e. The van der Waals surface area contributed by atoms with Crippen LogP contribution in [0.5, 0.6) is 0 Å². The average Bonchev–Trinajstić information content (AvgIpc) is 2.12. The highest BCUT2D eigenvalue weighted by atomic mass is 127. The first kappa shape index (κ1) is 7.05. The van der Waals surface area contributed by atoms with Crippen molar-refractivity contribution in [1.82, 2.24) is 10.2 Å². The van der Waals surface area contributed by atoms with Crippen LogP contribution >= 0.6 is 22.6 Å². The van der Waals surface area contributed by atoms with Crippen molar-refractivity contribution in [3.63, 3.8) is 0 Å². The lowest BCUT2D eigenvalue weighted by Crippen LogP contribution is -1.82. The van der Waals surface area contributed by atoms with E-state index in [1.165, 1.54) is 11.3 Å². The highest BCUT2D eigenvalue weighted by molar-refractivity contribution is 14.1. The van der Waals surface area contributed by atoms with Crippen LogP contribution in [0.1, 0.15) is 18.2 Å². The summed E-state index contributed by atoms with van der Waals surface area (Å²) in [6.07, 6.45) is 1.07. The lowest BCUT2D eigenvalue weighted by atomic mass is 10.2. The number of aromatic amines is 1. The zero-order valence-electron chi connectivity index (χ0n) is 5.53. The van der Waals surface area contributed by atoms with Gasteiger partial charge in [-0.25, -0.2) is 0 Å². The van der Waals surface area contributed by atoms with Crippen LogP contribution in [-0.4, -0.2) is 10.2 Å². The first-order chi connectivity index (χ1) is 4.25. The number of hydrogen-bond donors (Lipinski definition) is 1. The molecular weight excluding hydrogens is 227 g/mol. The van der Waals surface area contributed by atoms with E-state index in [1.807, 2.05) is 6.92 Å². The zero-order chi connectivity index (χ0) is 6.85. The van der Waals surface area contributed by atoms with Gasteiger partial charge in [-0.1, -0.05) is 6.92 Å². The molecule has 1 N–H and O–H groups in total. The minimum absolute atomic E-state index is 1.07. The molecule has 0 saturated carbocycles. The number of halogens is 1. The summed E-state index contributed by atoms with van der Waals surface area (Å²) in [4.78, 5) is 0. The van der Waals surface area contributed by atoms with Gasteiger partial charge in [-0.3, -0.25) is 5.10 Å². The van der Waals surface area contributed by atoms with E-state index in [9.17, 15) is 0 Å². The van der Waals surface area contributed by atoms with Crippen LogP contribution in [-0.2, 0) is 6.42 Å². The molecule has 0 fully saturated rings. The van der Waals surface area contributed by atoms with Gasteiger partial charge in [0.25, 0.3) is 0 Å². The molecule has 1 aromatic heterocycles. The molecule has 0 aliphatic heterocycles. The van der Waals surface area contributed by atoms with Crippen LogP contribution in [0, 0.1) is 10.6 Å². The summed E-state index contributed by atoms with van der Waals surface area (Å²) in [5.41, 5.74) is 2.54. The van der Waals surface area contributed by atoms with Crippen molar-refractivity contribution in [2.24, 2.45) is 0 Å². The van der Waals surface area contributed by atoms with Crippen LogP contribution < -0.4 is 0 Å². The maximum absolute atomic E-state index is 4.05. The van der Waals surface area contributed by atoms with E-state index in [2.05, 4.69) is 39.7 Å². The largest absolute Gasteiger partial charge is 0.282 e. The summed E-state index contributed by atoms with van der Waals surface area (Å²) < 4.78 is 1.10. The van der Waals surface area contributed by atoms with Crippen LogP contribution in [0.2, 0.25) is 0 Å². The second-order valence-corrected chi connectivity index (χ2v) is 2.99. The monoisotopic (exact) mass is 236 g/mol. The van der Waals surface area contributed by atoms with Gasteiger partial charge in [0.2, 0.25) is 0 Å². The van der Waals surface area contributed by atoms with Crippen molar-refractivity contribution in [2.45, 2.75) is 20.3 Å². The van der Waals surface area contributed by atoms with Gasteiger partial charge in [0, 0.05) is 11.3 Å². The number of rotatable bonds is 1. The topological polar surface area (TPSA) is 28.7 Å². The minimum atomic E-state index is 1.07. The fourth-order valence-corrected chi connectivity index (χ4v) is 1.74.